The molecule has 3 nitrogen and oxygen atoms in total. The number of hydrogen-bond acceptors (Lipinski definition) is 3. The highest BCUT2D eigenvalue weighted by Crippen LogP contribution is 2.49. The first-order valence-electron chi connectivity index (χ1n) is 7.13. The molecule has 1 heterocycles. The Balaban J connectivity index is 2.26. The third-order valence-electron chi connectivity index (χ3n) is 3.68. The molecule has 0 N–H and O–H groups in total. The zero-order chi connectivity index (χ0) is 17.5. The summed E-state index contributed by atoms with van der Waals surface area (Å²) in [6.45, 7) is 1.37. The lowest BCUT2D eigenvalue weighted by atomic mass is 9.95. The lowest BCUT2D eigenvalue weighted by Crippen LogP contribution is -2.50. The van der Waals surface area contributed by atoms with Gasteiger partial charge in [0.25, 0.3) is 0 Å². The van der Waals surface area contributed by atoms with E-state index in [-0.39, 0.29) is 12.4 Å². The number of carbonyl (C=O) groups is 1. The van der Waals surface area contributed by atoms with E-state index in [4.69, 9.17) is 16.3 Å². The molecule has 1 aliphatic heterocycles. The minimum Gasteiger partial charge on any atom is -0.462 e. The molecule has 0 amide bonds. The van der Waals surface area contributed by atoms with Gasteiger partial charge in [0.1, 0.15) is 11.3 Å². The molecule has 0 bridgehead atoms. The number of fused-ring (bicyclic) bond motifs is 3. The molecule has 24 heavy (non-hydrogen) atoms. The summed E-state index contributed by atoms with van der Waals surface area (Å²) in [5.41, 5.74) is -0.668. The van der Waals surface area contributed by atoms with E-state index in [2.05, 4.69) is 4.74 Å². The van der Waals surface area contributed by atoms with E-state index >= 15 is 0 Å². The number of hydrogen-bond donors (Lipinski definition) is 0. The van der Waals surface area contributed by atoms with Crippen LogP contribution in [0.4, 0.5) is 13.2 Å². The van der Waals surface area contributed by atoms with Gasteiger partial charge in [-0.15, -0.1) is 0 Å². The average molecular weight is 357 g/mol. The number of ether oxygens (including phenoxy) is 2. The zero-order valence-corrected chi connectivity index (χ0v) is 13.2. The molecule has 3 rings (SSSR count). The molecule has 0 saturated carbocycles. The van der Waals surface area contributed by atoms with Crippen LogP contribution in [0.2, 0.25) is 0 Å². The van der Waals surface area contributed by atoms with Gasteiger partial charge in [-0.1, -0.05) is 30.3 Å². The predicted octanol–water partition coefficient (Wildman–Crippen LogP) is 4.68. The van der Waals surface area contributed by atoms with Crippen molar-refractivity contribution >= 4 is 34.4 Å². The Morgan fingerprint density at radius 3 is 2.67 bits per heavy atom. The Kier molecular flexibility index (Phi) is 3.95. The third-order valence-corrected chi connectivity index (χ3v) is 3.92. The largest absolute Gasteiger partial charge is 0.462 e. The molecule has 2 aromatic rings. The second kappa shape index (κ2) is 5.70. The van der Waals surface area contributed by atoms with Crippen LogP contribution in [-0.2, 0) is 9.53 Å². The van der Waals surface area contributed by atoms with E-state index in [1.165, 1.54) is 13.0 Å². The highest BCUT2D eigenvalue weighted by molar-refractivity contribution is 6.23. The molecule has 0 radical (unpaired) electrons. The molecule has 0 aromatic heterocycles. The summed E-state index contributed by atoms with van der Waals surface area (Å²) in [6.07, 6.45) is 1.01. The molecule has 0 aliphatic carbocycles. The maximum atomic E-state index is 14.9. The standard InChI is InChI=1S/C17H12ClF3O3/c1-2-23-15(22)13-9-12-11-6-4-3-5-10(11)7-8-14(12)24-16(13,19)17(18,20)21/h3-9H,2H2,1H3. The van der Waals surface area contributed by atoms with Crippen LogP contribution in [0.5, 0.6) is 5.75 Å². The average Bonchev–Trinajstić information content (AvgIpc) is 2.53. The summed E-state index contributed by atoms with van der Waals surface area (Å²) in [5.74, 6) is -5.21. The van der Waals surface area contributed by atoms with Crippen LogP contribution in [0.3, 0.4) is 0 Å². The van der Waals surface area contributed by atoms with Gasteiger partial charge in [0.15, 0.2) is 0 Å². The maximum absolute atomic E-state index is 14.9. The van der Waals surface area contributed by atoms with Gasteiger partial charge in [-0.3, -0.25) is 0 Å². The molecule has 1 aliphatic rings. The van der Waals surface area contributed by atoms with Crippen LogP contribution in [0, 0.1) is 0 Å². The summed E-state index contributed by atoms with van der Waals surface area (Å²) in [4.78, 5) is 12.0. The van der Waals surface area contributed by atoms with E-state index < -0.39 is 22.8 Å². The van der Waals surface area contributed by atoms with Crippen LogP contribution >= 0.6 is 11.6 Å². The van der Waals surface area contributed by atoms with E-state index in [9.17, 15) is 18.0 Å². The van der Waals surface area contributed by atoms with Crippen molar-refractivity contribution < 1.29 is 27.4 Å². The summed E-state index contributed by atoms with van der Waals surface area (Å²) < 4.78 is 51.8. The molecule has 1 atom stereocenters. The van der Waals surface area contributed by atoms with E-state index in [0.29, 0.717) is 10.9 Å². The first-order chi connectivity index (χ1) is 11.3. The fourth-order valence-electron chi connectivity index (χ4n) is 2.57. The van der Waals surface area contributed by atoms with Crippen LogP contribution in [0.1, 0.15) is 12.5 Å². The van der Waals surface area contributed by atoms with Gasteiger partial charge in [0.2, 0.25) is 0 Å². The van der Waals surface area contributed by atoms with Crippen LogP contribution in [0.15, 0.2) is 42.0 Å². The number of rotatable bonds is 3. The topological polar surface area (TPSA) is 35.5 Å². The lowest BCUT2D eigenvalue weighted by molar-refractivity contribution is -0.177. The first kappa shape index (κ1) is 16.6. The fraction of sp³-hybridized carbons (Fsp3) is 0.235. The number of alkyl halides is 4. The lowest BCUT2D eigenvalue weighted by Gasteiger charge is -2.34. The Morgan fingerprint density at radius 2 is 2.00 bits per heavy atom. The van der Waals surface area contributed by atoms with Crippen molar-refractivity contribution in [3.05, 3.63) is 47.5 Å². The molecular weight excluding hydrogens is 345 g/mol. The van der Waals surface area contributed by atoms with Crippen molar-refractivity contribution in [1.29, 1.82) is 0 Å². The highest BCUT2D eigenvalue weighted by Gasteiger charge is 2.63. The van der Waals surface area contributed by atoms with E-state index in [0.717, 1.165) is 11.5 Å². The Bertz CT molecular complexity index is 845. The first-order valence-corrected chi connectivity index (χ1v) is 7.51. The van der Waals surface area contributed by atoms with Gasteiger partial charge < -0.3 is 9.47 Å². The van der Waals surface area contributed by atoms with Crippen LogP contribution in [-0.4, -0.2) is 23.8 Å². The number of benzene rings is 2. The van der Waals surface area contributed by atoms with Crippen molar-refractivity contribution in [3.63, 3.8) is 0 Å². The number of carbonyl (C=O) groups excluding carboxylic acids is 1. The molecule has 1 unspecified atom stereocenters. The Morgan fingerprint density at radius 1 is 1.29 bits per heavy atom. The summed E-state index contributed by atoms with van der Waals surface area (Å²) >= 11 is 4.89. The van der Waals surface area contributed by atoms with Gasteiger partial charge in [-0.05, 0) is 41.4 Å². The fourth-order valence-corrected chi connectivity index (χ4v) is 2.71. The quantitative estimate of drug-likeness (QED) is 0.592. The van der Waals surface area contributed by atoms with Crippen LogP contribution < -0.4 is 4.74 Å². The number of halogens is 4. The van der Waals surface area contributed by atoms with E-state index in [1.807, 2.05) is 0 Å². The maximum Gasteiger partial charge on any atom is 0.395 e. The predicted molar refractivity (Wildman–Crippen MR) is 83.8 cm³/mol. The Labute approximate surface area is 140 Å². The zero-order valence-electron chi connectivity index (χ0n) is 12.5. The van der Waals surface area contributed by atoms with Crippen molar-refractivity contribution in [2.75, 3.05) is 6.61 Å². The van der Waals surface area contributed by atoms with E-state index in [1.54, 1.807) is 30.3 Å². The van der Waals surface area contributed by atoms with Crippen molar-refractivity contribution in [1.82, 2.24) is 0 Å². The molecule has 0 spiro atoms. The summed E-state index contributed by atoms with van der Waals surface area (Å²) in [7, 11) is 0. The highest BCUT2D eigenvalue weighted by atomic mass is 35.5. The number of esters is 1. The van der Waals surface area contributed by atoms with Crippen molar-refractivity contribution in [2.24, 2.45) is 0 Å². The summed E-state index contributed by atoms with van der Waals surface area (Å²) in [5, 5.41) is -3.06. The molecular formula is C17H12ClF3O3. The minimum atomic E-state index is -4.46. The molecule has 0 saturated heterocycles. The SMILES string of the molecule is CCOC(=O)C1=Cc2c(ccc3ccccc23)OC1(F)C(F)(F)Cl. The monoisotopic (exact) mass is 356 g/mol. The molecule has 126 valence electrons. The summed E-state index contributed by atoms with van der Waals surface area (Å²) in [6, 6.07) is 9.98. The smallest absolute Gasteiger partial charge is 0.395 e. The molecule has 0 fully saturated rings. The second-order valence-electron chi connectivity index (χ2n) is 5.17. The van der Waals surface area contributed by atoms with Crippen LogP contribution in [0.25, 0.3) is 16.8 Å². The van der Waals surface area contributed by atoms with Crippen molar-refractivity contribution in [2.45, 2.75) is 18.2 Å². The second-order valence-corrected chi connectivity index (χ2v) is 5.65. The molecule has 2 aromatic carbocycles. The third kappa shape index (κ3) is 2.51. The Hall–Kier alpha value is -2.21. The van der Waals surface area contributed by atoms with Gasteiger partial charge in [-0.2, -0.15) is 13.2 Å². The van der Waals surface area contributed by atoms with Gasteiger partial charge in [0.05, 0.1) is 6.61 Å². The molecule has 7 heteroatoms. The van der Waals surface area contributed by atoms with Gasteiger partial charge in [0, 0.05) is 5.56 Å². The minimum absolute atomic E-state index is 0.109. The van der Waals surface area contributed by atoms with Gasteiger partial charge >= 0.3 is 17.2 Å². The van der Waals surface area contributed by atoms with Crippen molar-refractivity contribution in [3.8, 4) is 5.75 Å². The van der Waals surface area contributed by atoms with Gasteiger partial charge in [-0.25, -0.2) is 4.79 Å². The normalized spacial score (nSPS) is 20.1.